The van der Waals surface area contributed by atoms with Crippen LogP contribution in [0.15, 0.2) is 152 Å². The van der Waals surface area contributed by atoms with E-state index in [-0.39, 0.29) is 5.82 Å². The largest absolute Gasteiger partial charge is 0.309 e. The minimum atomic E-state index is -0.207. The van der Waals surface area contributed by atoms with Gasteiger partial charge in [-0.05, 0) is 86.9 Å². The number of fused-ring (bicyclic) bond motifs is 12. The van der Waals surface area contributed by atoms with Crippen LogP contribution in [0, 0.1) is 5.82 Å². The smallest absolute Gasteiger partial charge is 0.123 e. The molecule has 0 unspecified atom stereocenters. The van der Waals surface area contributed by atoms with Gasteiger partial charge < -0.3 is 9.13 Å². The average Bonchev–Trinajstić information content (AvgIpc) is 3.75. The fourth-order valence-electron chi connectivity index (χ4n) is 8.44. The monoisotopic (exact) mass is 600 g/mol. The molecule has 0 N–H and O–H groups in total. The summed E-state index contributed by atoms with van der Waals surface area (Å²) in [7, 11) is 0. The van der Waals surface area contributed by atoms with E-state index in [4.69, 9.17) is 0 Å². The molecule has 0 aliphatic heterocycles. The maximum atomic E-state index is 14.5. The van der Waals surface area contributed by atoms with Gasteiger partial charge in [0.25, 0.3) is 0 Å². The molecule has 47 heavy (non-hydrogen) atoms. The summed E-state index contributed by atoms with van der Waals surface area (Å²) in [6.07, 6.45) is 0. The van der Waals surface area contributed by atoms with E-state index in [2.05, 4.69) is 143 Å². The minimum Gasteiger partial charge on any atom is -0.309 e. The lowest BCUT2D eigenvalue weighted by atomic mass is 10.0. The van der Waals surface area contributed by atoms with Gasteiger partial charge in [0.15, 0.2) is 0 Å². The SMILES string of the molecule is Fc1ccc2c(c1)-c1ccc(-n3c4ccccc4c4c3ccc3c5c6ccccc6ccc5n(-c5ccccc5)c34)c3cccc-2c13. The third-order valence-corrected chi connectivity index (χ3v) is 10.3. The van der Waals surface area contributed by atoms with Crippen LogP contribution in [0.1, 0.15) is 0 Å². The predicted molar refractivity (Wildman–Crippen MR) is 195 cm³/mol. The molecule has 0 fully saturated rings. The van der Waals surface area contributed by atoms with Crippen molar-refractivity contribution in [3.05, 3.63) is 157 Å². The predicted octanol–water partition coefficient (Wildman–Crippen LogP) is 12.0. The number of hydrogen-bond acceptors (Lipinski definition) is 0. The Morgan fingerprint density at radius 3 is 2.02 bits per heavy atom. The van der Waals surface area contributed by atoms with Gasteiger partial charge in [-0.25, -0.2) is 4.39 Å². The van der Waals surface area contributed by atoms with Crippen molar-refractivity contribution in [1.82, 2.24) is 9.13 Å². The van der Waals surface area contributed by atoms with Crippen molar-refractivity contribution in [3.8, 4) is 33.6 Å². The summed E-state index contributed by atoms with van der Waals surface area (Å²) in [6.45, 7) is 0. The van der Waals surface area contributed by atoms with Crippen molar-refractivity contribution >= 4 is 65.2 Å². The first-order valence-electron chi connectivity index (χ1n) is 16.1. The van der Waals surface area contributed by atoms with Crippen LogP contribution in [0.3, 0.4) is 0 Å². The molecule has 1 aliphatic carbocycles. The Morgan fingerprint density at radius 2 is 1.11 bits per heavy atom. The molecule has 0 atom stereocenters. The van der Waals surface area contributed by atoms with Crippen LogP contribution in [0.4, 0.5) is 4.39 Å². The molecule has 0 saturated carbocycles. The normalized spacial score (nSPS) is 12.4. The number of hydrogen-bond donors (Lipinski definition) is 0. The maximum absolute atomic E-state index is 14.5. The Bertz CT molecular complexity index is 2960. The highest BCUT2D eigenvalue weighted by molar-refractivity contribution is 6.30. The minimum absolute atomic E-state index is 0.207. The summed E-state index contributed by atoms with van der Waals surface area (Å²) in [5, 5.41) is 9.81. The maximum Gasteiger partial charge on any atom is 0.123 e. The lowest BCUT2D eigenvalue weighted by Gasteiger charge is -2.13. The summed E-state index contributed by atoms with van der Waals surface area (Å²) in [5.41, 5.74) is 11.3. The van der Waals surface area contributed by atoms with Crippen molar-refractivity contribution in [1.29, 1.82) is 0 Å². The third-order valence-electron chi connectivity index (χ3n) is 10.3. The molecule has 8 aromatic carbocycles. The van der Waals surface area contributed by atoms with Gasteiger partial charge in [0.1, 0.15) is 5.82 Å². The number of para-hydroxylation sites is 2. The first-order chi connectivity index (χ1) is 23.3. The summed E-state index contributed by atoms with van der Waals surface area (Å²) < 4.78 is 19.3. The van der Waals surface area contributed by atoms with E-state index in [1.807, 2.05) is 6.07 Å². The molecule has 2 nitrogen and oxygen atoms in total. The highest BCUT2D eigenvalue weighted by atomic mass is 19.1. The second kappa shape index (κ2) is 8.96. The van der Waals surface area contributed by atoms with Gasteiger partial charge in [-0.2, -0.15) is 0 Å². The Kier molecular flexibility index (Phi) is 4.78. The Morgan fingerprint density at radius 1 is 0.383 bits per heavy atom. The topological polar surface area (TPSA) is 9.86 Å². The molecule has 10 aromatic rings. The Balaban J connectivity index is 1.33. The quantitative estimate of drug-likeness (QED) is 0.187. The third kappa shape index (κ3) is 3.18. The molecule has 1 aliphatic rings. The molecular weight excluding hydrogens is 575 g/mol. The molecule has 0 spiro atoms. The van der Waals surface area contributed by atoms with Gasteiger partial charge in [0.05, 0.1) is 27.8 Å². The van der Waals surface area contributed by atoms with E-state index in [0.29, 0.717) is 0 Å². The van der Waals surface area contributed by atoms with Gasteiger partial charge in [0, 0.05) is 32.6 Å². The van der Waals surface area contributed by atoms with Gasteiger partial charge in [-0.15, -0.1) is 0 Å². The molecule has 0 radical (unpaired) electrons. The zero-order valence-corrected chi connectivity index (χ0v) is 25.2. The van der Waals surface area contributed by atoms with Crippen molar-refractivity contribution in [2.24, 2.45) is 0 Å². The van der Waals surface area contributed by atoms with Gasteiger partial charge in [-0.1, -0.05) is 103 Å². The van der Waals surface area contributed by atoms with Crippen LogP contribution >= 0.6 is 0 Å². The fourth-order valence-corrected chi connectivity index (χ4v) is 8.44. The molecule has 0 saturated heterocycles. The van der Waals surface area contributed by atoms with E-state index < -0.39 is 0 Å². The van der Waals surface area contributed by atoms with Gasteiger partial charge >= 0.3 is 0 Å². The Hall–Kier alpha value is -6.19. The summed E-state index contributed by atoms with van der Waals surface area (Å²) in [4.78, 5) is 0. The molecule has 2 heterocycles. The van der Waals surface area contributed by atoms with Crippen LogP contribution in [0.25, 0.3) is 98.8 Å². The molecular formula is C44H25FN2. The molecule has 0 bridgehead atoms. The fraction of sp³-hybridized carbons (Fsp3) is 0. The van der Waals surface area contributed by atoms with Crippen LogP contribution < -0.4 is 0 Å². The number of rotatable bonds is 2. The lowest BCUT2D eigenvalue weighted by molar-refractivity contribution is 0.628. The second-order valence-electron chi connectivity index (χ2n) is 12.6. The number of benzene rings is 8. The molecule has 2 aromatic heterocycles. The van der Waals surface area contributed by atoms with E-state index in [9.17, 15) is 4.39 Å². The zero-order chi connectivity index (χ0) is 30.8. The van der Waals surface area contributed by atoms with Crippen molar-refractivity contribution in [2.75, 3.05) is 0 Å². The second-order valence-corrected chi connectivity index (χ2v) is 12.6. The zero-order valence-electron chi connectivity index (χ0n) is 25.2. The van der Waals surface area contributed by atoms with E-state index >= 15 is 0 Å². The highest BCUT2D eigenvalue weighted by Gasteiger charge is 2.26. The van der Waals surface area contributed by atoms with E-state index in [1.54, 1.807) is 12.1 Å². The molecule has 11 rings (SSSR count). The summed E-state index contributed by atoms with van der Waals surface area (Å²) >= 11 is 0. The summed E-state index contributed by atoms with van der Waals surface area (Å²) in [5.74, 6) is -0.207. The lowest BCUT2D eigenvalue weighted by Crippen LogP contribution is -1.96. The van der Waals surface area contributed by atoms with Crippen LogP contribution in [0.5, 0.6) is 0 Å². The number of aromatic nitrogens is 2. The summed E-state index contributed by atoms with van der Waals surface area (Å²) in [6, 6.07) is 53.4. The van der Waals surface area contributed by atoms with Gasteiger partial charge in [-0.3, -0.25) is 0 Å². The standard InChI is InChI=1S/C44H25FN2/c45-27-18-19-30-31-14-8-15-33-38(23-20-32(41(31)33)36(30)25-27)47-37-16-7-6-13-34(37)43-40(47)24-21-35-42-29-12-5-4-9-26(29)17-22-39(42)46(44(35)43)28-10-2-1-3-11-28/h1-25H. The van der Waals surface area contributed by atoms with Crippen LogP contribution in [0.2, 0.25) is 0 Å². The average molecular weight is 601 g/mol. The van der Waals surface area contributed by atoms with E-state index in [0.717, 1.165) is 50.0 Å². The van der Waals surface area contributed by atoms with E-state index in [1.165, 1.54) is 48.7 Å². The molecule has 218 valence electrons. The first kappa shape index (κ1) is 25.1. The first-order valence-corrected chi connectivity index (χ1v) is 16.1. The highest BCUT2D eigenvalue weighted by Crippen LogP contribution is 2.50. The van der Waals surface area contributed by atoms with Crippen LogP contribution in [-0.4, -0.2) is 9.13 Å². The number of nitrogens with zero attached hydrogens (tertiary/aromatic N) is 2. The van der Waals surface area contributed by atoms with Crippen molar-refractivity contribution in [3.63, 3.8) is 0 Å². The van der Waals surface area contributed by atoms with Gasteiger partial charge in [0.2, 0.25) is 0 Å². The van der Waals surface area contributed by atoms with Crippen molar-refractivity contribution < 1.29 is 4.39 Å². The van der Waals surface area contributed by atoms with Crippen molar-refractivity contribution in [2.45, 2.75) is 0 Å². The number of halogens is 1. The van der Waals surface area contributed by atoms with Crippen LogP contribution in [-0.2, 0) is 0 Å². The molecule has 0 amide bonds. The molecule has 3 heteroatoms. The Labute approximate surface area is 269 Å².